The van der Waals surface area contributed by atoms with Crippen LogP contribution in [0.1, 0.15) is 38.7 Å². The summed E-state index contributed by atoms with van der Waals surface area (Å²) in [5.74, 6) is 0. The minimum Gasteiger partial charge on any atom is -0.310 e. The Morgan fingerprint density at radius 3 is 2.74 bits per heavy atom. The molecule has 1 saturated carbocycles. The molecule has 1 heterocycles. The van der Waals surface area contributed by atoms with Gasteiger partial charge in [-0.25, -0.2) is 8.42 Å². The molecule has 1 fully saturated rings. The zero-order valence-corrected chi connectivity index (χ0v) is 13.2. The van der Waals surface area contributed by atoms with Gasteiger partial charge in [0.2, 0.25) is 0 Å². The van der Waals surface area contributed by atoms with Crippen molar-refractivity contribution in [3.05, 3.63) is 17.0 Å². The van der Waals surface area contributed by atoms with E-state index in [0.717, 1.165) is 18.5 Å². The highest BCUT2D eigenvalue weighted by Gasteiger charge is 2.25. The van der Waals surface area contributed by atoms with Crippen molar-refractivity contribution >= 4 is 21.4 Å². The zero-order chi connectivity index (χ0) is 13.9. The molecular weight excluding hydrogens is 280 g/mol. The summed E-state index contributed by atoms with van der Waals surface area (Å²) in [5, 5.41) is 5.35. The van der Waals surface area contributed by atoms with Crippen LogP contribution in [0.4, 0.5) is 0 Å². The topological polar surface area (TPSA) is 49.4 Å². The van der Waals surface area contributed by atoms with Gasteiger partial charge in [-0.3, -0.25) is 0 Å². The second kappa shape index (κ2) is 6.35. The Kier molecular flexibility index (Phi) is 5.00. The van der Waals surface area contributed by atoms with Gasteiger partial charge in [0.15, 0.2) is 0 Å². The van der Waals surface area contributed by atoms with Crippen molar-refractivity contribution in [1.29, 1.82) is 0 Å². The standard InChI is InChI=1S/C13H22N2O2S2/c1-3-7-15(4-2)19(16,17)13-8-11(10-18-13)9-14-12-5-6-12/h8,10,12,14H,3-7,9H2,1-2H3. The van der Waals surface area contributed by atoms with Gasteiger partial charge < -0.3 is 5.32 Å². The quantitative estimate of drug-likeness (QED) is 0.802. The molecule has 108 valence electrons. The van der Waals surface area contributed by atoms with E-state index < -0.39 is 10.0 Å². The van der Waals surface area contributed by atoms with Crippen molar-refractivity contribution < 1.29 is 8.42 Å². The second-order valence-corrected chi connectivity index (χ2v) is 8.00. The fourth-order valence-corrected chi connectivity index (χ4v) is 4.86. The van der Waals surface area contributed by atoms with Crippen LogP contribution in [0.5, 0.6) is 0 Å². The third kappa shape index (κ3) is 3.78. The maximum absolute atomic E-state index is 12.4. The summed E-state index contributed by atoms with van der Waals surface area (Å²) in [4.78, 5) is 0. The average molecular weight is 302 g/mol. The molecule has 0 spiro atoms. The molecule has 4 nitrogen and oxygen atoms in total. The smallest absolute Gasteiger partial charge is 0.252 e. The highest BCUT2D eigenvalue weighted by molar-refractivity contribution is 7.91. The molecule has 6 heteroatoms. The normalized spacial score (nSPS) is 16.2. The fraction of sp³-hybridized carbons (Fsp3) is 0.692. The first kappa shape index (κ1) is 15.0. The summed E-state index contributed by atoms with van der Waals surface area (Å²) < 4.78 is 26.9. The van der Waals surface area contributed by atoms with Crippen LogP contribution >= 0.6 is 11.3 Å². The van der Waals surface area contributed by atoms with Crippen molar-refractivity contribution in [3.63, 3.8) is 0 Å². The summed E-state index contributed by atoms with van der Waals surface area (Å²) in [6.07, 6.45) is 3.33. The Morgan fingerprint density at radius 2 is 2.16 bits per heavy atom. The van der Waals surface area contributed by atoms with Crippen LogP contribution in [0.25, 0.3) is 0 Å². The Morgan fingerprint density at radius 1 is 1.42 bits per heavy atom. The van der Waals surface area contributed by atoms with Crippen LogP contribution in [0.3, 0.4) is 0 Å². The number of nitrogens with zero attached hydrogens (tertiary/aromatic N) is 1. The van der Waals surface area contributed by atoms with Gasteiger partial charge in [0.25, 0.3) is 10.0 Å². The molecule has 1 aromatic rings. The van der Waals surface area contributed by atoms with Crippen molar-refractivity contribution in [3.8, 4) is 0 Å². The predicted molar refractivity (Wildman–Crippen MR) is 78.9 cm³/mol. The van der Waals surface area contributed by atoms with E-state index in [9.17, 15) is 8.42 Å². The van der Waals surface area contributed by atoms with Crippen molar-refractivity contribution in [2.24, 2.45) is 0 Å². The van der Waals surface area contributed by atoms with Gasteiger partial charge >= 0.3 is 0 Å². The lowest BCUT2D eigenvalue weighted by atomic mass is 10.3. The molecule has 0 unspecified atom stereocenters. The highest BCUT2D eigenvalue weighted by atomic mass is 32.2. The monoisotopic (exact) mass is 302 g/mol. The van der Waals surface area contributed by atoms with Crippen LogP contribution in [0.15, 0.2) is 15.7 Å². The van der Waals surface area contributed by atoms with Crippen molar-refractivity contribution in [2.75, 3.05) is 13.1 Å². The number of hydrogen-bond acceptors (Lipinski definition) is 4. The molecule has 1 N–H and O–H groups in total. The average Bonchev–Trinajstić information content (AvgIpc) is 3.09. The van der Waals surface area contributed by atoms with Crippen LogP contribution in [0, 0.1) is 0 Å². The van der Waals surface area contributed by atoms with Gasteiger partial charge in [-0.05, 0) is 36.3 Å². The molecule has 2 rings (SSSR count). The lowest BCUT2D eigenvalue weighted by molar-refractivity contribution is 0.428. The summed E-state index contributed by atoms with van der Waals surface area (Å²) in [5.41, 5.74) is 1.07. The maximum atomic E-state index is 12.4. The molecule has 1 aliphatic rings. The third-order valence-electron chi connectivity index (χ3n) is 3.22. The lowest BCUT2D eigenvalue weighted by Crippen LogP contribution is -2.31. The summed E-state index contributed by atoms with van der Waals surface area (Å²) in [6, 6.07) is 2.46. The molecule has 0 amide bonds. The lowest BCUT2D eigenvalue weighted by Gasteiger charge is -2.18. The molecule has 19 heavy (non-hydrogen) atoms. The molecule has 0 aliphatic heterocycles. The SMILES string of the molecule is CCCN(CC)S(=O)(=O)c1cc(CNC2CC2)cs1. The number of rotatable bonds is 8. The Bertz CT molecular complexity index is 506. The van der Waals surface area contributed by atoms with Gasteiger partial charge in [0.05, 0.1) is 0 Å². The molecular formula is C13H22N2O2S2. The van der Waals surface area contributed by atoms with E-state index in [2.05, 4.69) is 5.32 Å². The van der Waals surface area contributed by atoms with Crippen LogP contribution in [-0.2, 0) is 16.6 Å². The molecule has 1 aliphatic carbocycles. The van der Waals surface area contributed by atoms with Gasteiger partial charge in [-0.2, -0.15) is 4.31 Å². The number of hydrogen-bond donors (Lipinski definition) is 1. The summed E-state index contributed by atoms with van der Waals surface area (Å²) in [7, 11) is -3.29. The molecule has 1 aromatic heterocycles. The first-order valence-electron chi connectivity index (χ1n) is 6.88. The minimum absolute atomic E-state index is 0.468. The van der Waals surface area contributed by atoms with E-state index in [0.29, 0.717) is 23.3 Å². The van der Waals surface area contributed by atoms with Crippen LogP contribution in [-0.4, -0.2) is 31.9 Å². The van der Waals surface area contributed by atoms with Crippen molar-refractivity contribution in [2.45, 2.75) is 49.9 Å². The van der Waals surface area contributed by atoms with Crippen LogP contribution in [0.2, 0.25) is 0 Å². The summed E-state index contributed by atoms with van der Waals surface area (Å²) in [6.45, 7) is 5.78. The first-order valence-corrected chi connectivity index (χ1v) is 9.20. The van der Waals surface area contributed by atoms with Gasteiger partial charge in [0.1, 0.15) is 4.21 Å². The minimum atomic E-state index is -3.29. The maximum Gasteiger partial charge on any atom is 0.252 e. The van der Waals surface area contributed by atoms with Crippen molar-refractivity contribution in [1.82, 2.24) is 9.62 Å². The third-order valence-corrected chi connectivity index (χ3v) is 6.66. The Balaban J connectivity index is 2.06. The first-order chi connectivity index (χ1) is 9.07. The number of thiophene rings is 1. The van der Waals surface area contributed by atoms with E-state index in [1.807, 2.05) is 25.3 Å². The Hall–Kier alpha value is -0.430. The molecule has 0 bridgehead atoms. The number of nitrogens with one attached hydrogen (secondary N) is 1. The largest absolute Gasteiger partial charge is 0.310 e. The van der Waals surface area contributed by atoms with E-state index >= 15 is 0 Å². The molecule has 0 atom stereocenters. The Labute approximate surface area is 119 Å². The number of sulfonamides is 1. The molecule has 0 radical (unpaired) electrons. The highest BCUT2D eigenvalue weighted by Crippen LogP contribution is 2.25. The fourth-order valence-electron chi connectivity index (χ4n) is 1.96. The van der Waals surface area contributed by atoms with E-state index in [1.165, 1.54) is 24.2 Å². The van der Waals surface area contributed by atoms with E-state index in [1.54, 1.807) is 4.31 Å². The van der Waals surface area contributed by atoms with Crippen LogP contribution < -0.4 is 5.32 Å². The second-order valence-electron chi connectivity index (χ2n) is 4.93. The summed E-state index contributed by atoms with van der Waals surface area (Å²) >= 11 is 1.33. The predicted octanol–water partition coefficient (Wildman–Crippen LogP) is 2.42. The van der Waals surface area contributed by atoms with Gasteiger partial charge in [0, 0.05) is 25.7 Å². The van der Waals surface area contributed by atoms with Gasteiger partial charge in [-0.1, -0.05) is 13.8 Å². The van der Waals surface area contributed by atoms with Gasteiger partial charge in [-0.15, -0.1) is 11.3 Å². The molecule has 0 aromatic carbocycles. The zero-order valence-electron chi connectivity index (χ0n) is 11.6. The van der Waals surface area contributed by atoms with E-state index in [-0.39, 0.29) is 0 Å². The van der Waals surface area contributed by atoms with E-state index in [4.69, 9.17) is 0 Å². The molecule has 0 saturated heterocycles.